The lowest BCUT2D eigenvalue weighted by atomic mass is 9.65. The minimum atomic E-state index is -0.619. The van der Waals surface area contributed by atoms with Crippen molar-refractivity contribution >= 4 is 127 Å². The number of hydrogen-bond donors (Lipinski definition) is 0. The first-order chi connectivity index (χ1) is 41.6. The second kappa shape index (κ2) is 16.1. The molecule has 6 bridgehead atoms. The molecule has 3 unspecified atom stereocenters. The van der Waals surface area contributed by atoms with Crippen molar-refractivity contribution in [2.45, 2.75) is 150 Å². The molecule has 18 rings (SSSR count). The van der Waals surface area contributed by atoms with E-state index in [1.165, 1.54) is 16.7 Å². The Kier molecular flexibility index (Phi) is 9.53. The van der Waals surface area contributed by atoms with E-state index in [0.29, 0.717) is 27.9 Å². The van der Waals surface area contributed by atoms with Gasteiger partial charge in [-0.25, -0.2) is 38.7 Å². The Morgan fingerprint density at radius 3 is 1.89 bits per heavy atom. The fourth-order valence-electron chi connectivity index (χ4n) is 16.3. The summed E-state index contributed by atoms with van der Waals surface area (Å²) in [6.07, 6.45) is 1.76. The van der Waals surface area contributed by atoms with Gasteiger partial charge in [-0.1, -0.05) is 94.4 Å². The molecule has 0 amide bonds. The number of imidazole rings is 3. The van der Waals surface area contributed by atoms with Gasteiger partial charge in [0.05, 0.1) is 60.6 Å². The Hall–Kier alpha value is -8.88. The van der Waals surface area contributed by atoms with Crippen molar-refractivity contribution in [1.29, 1.82) is 0 Å². The molecule has 14 heteroatoms. The second-order valence-corrected chi connectivity index (χ2v) is 30.0. The Bertz CT molecular complexity index is 5880. The van der Waals surface area contributed by atoms with Crippen LogP contribution in [0.2, 0.25) is 0 Å². The highest BCUT2D eigenvalue weighted by Gasteiger charge is 2.61. The van der Waals surface area contributed by atoms with E-state index in [-0.39, 0.29) is 49.7 Å². The van der Waals surface area contributed by atoms with Gasteiger partial charge < -0.3 is 13.6 Å². The number of nitrogens with zero attached hydrogens (tertiary/aromatic N) is 9. The Morgan fingerprint density at radius 1 is 0.534 bits per heavy atom. The van der Waals surface area contributed by atoms with Gasteiger partial charge in [-0.3, -0.25) is 13.2 Å². The van der Waals surface area contributed by atoms with Gasteiger partial charge in [-0.2, -0.15) is 0 Å². The minimum absolute atomic E-state index is 0.0468. The van der Waals surface area contributed by atoms with Crippen molar-refractivity contribution in [3.63, 3.8) is 0 Å². The van der Waals surface area contributed by atoms with Crippen LogP contribution < -0.4 is 0 Å². The number of aromatic nitrogens is 9. The molecule has 0 spiro atoms. The number of aryl methyl sites for hydroxylation is 2. The van der Waals surface area contributed by atoms with Crippen LogP contribution in [0.1, 0.15) is 148 Å². The molecule has 0 N–H and O–H groups in total. The predicted molar refractivity (Wildman–Crippen MR) is 347 cm³/mol. The molecular formula is C74H65F2N9O3. The maximum absolute atomic E-state index is 17.9. The summed E-state index contributed by atoms with van der Waals surface area (Å²) in [5.74, 6) is 1.40. The zero-order chi connectivity index (χ0) is 60.9. The van der Waals surface area contributed by atoms with Crippen molar-refractivity contribution in [1.82, 2.24) is 43.1 Å². The predicted octanol–water partition coefficient (Wildman–Crippen LogP) is 18.7. The van der Waals surface area contributed by atoms with Crippen LogP contribution in [0.3, 0.4) is 0 Å². The van der Waals surface area contributed by atoms with Gasteiger partial charge >= 0.3 is 0 Å². The fourth-order valence-corrected chi connectivity index (χ4v) is 16.3. The zero-order valence-corrected chi connectivity index (χ0v) is 52.2. The summed E-state index contributed by atoms with van der Waals surface area (Å²) in [6, 6.07) is 31.5. The molecule has 0 saturated carbocycles. The Morgan fingerprint density at radius 2 is 1.16 bits per heavy atom. The zero-order valence-electron chi connectivity index (χ0n) is 52.2. The first-order valence-electron chi connectivity index (χ1n) is 30.8. The summed E-state index contributed by atoms with van der Waals surface area (Å²) in [7, 11) is 0. The maximum Gasteiger partial charge on any atom is 0.162 e. The molecular weight excluding hydrogens is 1100 g/mol. The molecule has 2 aliphatic heterocycles. The largest absolute Gasteiger partial charge is 0.456 e. The van der Waals surface area contributed by atoms with Crippen molar-refractivity contribution in [2.24, 2.45) is 5.92 Å². The standard InChI is InChI=1S/C74H65F2N9O3/c1-33-24-42-59(34(2)54(33)41-28-53-55-56(62(41)87-53)58(76)61-60(57(55)75)81-64-37-18-16-17-19-45(37)79-67(85(61)64)70(6,7)8)82-68(71(9,10)11)84-50-30-43-44(29-48(50)78-65(42)84)74(15)36(32-73(43,14)88-74)31-72(12,13)35-20-21-38-46(25-35)80-66(69(3,4)5)83-49-27-40-39(26-47(49)77-63(38)83)51-22-23-52(40)86-51/h16-30,36H,31-32H2,1-15H3. The molecule has 16 aromatic rings. The number of rotatable bonds is 4. The number of furan rings is 4. The van der Waals surface area contributed by atoms with Gasteiger partial charge in [-0.05, 0) is 158 Å². The molecule has 6 aromatic carbocycles. The molecule has 10 aromatic heterocycles. The fraction of sp³-hybridized carbons (Fsp3) is 0.324. The summed E-state index contributed by atoms with van der Waals surface area (Å²) < 4.78 is 61.1. The van der Waals surface area contributed by atoms with Gasteiger partial charge in [-0.15, -0.1) is 0 Å². The number of halogens is 2. The van der Waals surface area contributed by atoms with Gasteiger partial charge in [0, 0.05) is 48.7 Å². The van der Waals surface area contributed by atoms with E-state index in [1.54, 1.807) is 4.40 Å². The minimum Gasteiger partial charge on any atom is -0.456 e. The lowest BCUT2D eigenvalue weighted by Gasteiger charge is -2.37. The molecule has 0 radical (unpaired) electrons. The highest BCUT2D eigenvalue weighted by molar-refractivity contribution is 6.19. The van der Waals surface area contributed by atoms with Crippen LogP contribution in [0.4, 0.5) is 8.78 Å². The SMILES string of the molecule is Cc1cc2c(nc(C(C)(C)C)n3c4cc5c(cc4nc23)C2(C)OC5(C)CC2CC(C)(C)c2ccc3c(c2)nc(C(C)(C)C)n2c4cc5c6ccc(o6)c5cc4nc32)c(C)c1-c1cc2oc1c1c(F)c3c(nc4c5ccccc5nc(C(C)(C)C)n43)c(F)c21. The van der Waals surface area contributed by atoms with Gasteiger partial charge in [0.25, 0.3) is 0 Å². The summed E-state index contributed by atoms with van der Waals surface area (Å²) in [4.78, 5) is 31.8. The molecule has 1 saturated heterocycles. The van der Waals surface area contributed by atoms with E-state index in [9.17, 15) is 0 Å². The first-order valence-corrected chi connectivity index (χ1v) is 30.8. The summed E-state index contributed by atoms with van der Waals surface area (Å²) in [6.45, 7) is 32.7. The highest BCUT2D eigenvalue weighted by atomic mass is 19.1. The summed E-state index contributed by atoms with van der Waals surface area (Å²) in [5.41, 5.74) is 15.2. The van der Waals surface area contributed by atoms with Crippen LogP contribution in [-0.2, 0) is 37.6 Å². The number of ether oxygens (including phenoxy) is 1. The molecule has 3 atom stereocenters. The summed E-state index contributed by atoms with van der Waals surface area (Å²) >= 11 is 0. The normalized spacial score (nSPS) is 18.9. The number of fused-ring (bicyclic) bond motifs is 30. The molecule has 0 aliphatic carbocycles. The monoisotopic (exact) mass is 1170 g/mol. The van der Waals surface area contributed by atoms with E-state index < -0.39 is 33.7 Å². The van der Waals surface area contributed by atoms with E-state index in [1.807, 2.05) is 63.2 Å². The molecule has 1 fully saturated rings. The van der Waals surface area contributed by atoms with E-state index >= 15 is 8.78 Å². The lowest BCUT2D eigenvalue weighted by molar-refractivity contribution is -0.0790. The van der Waals surface area contributed by atoms with Crippen LogP contribution in [0.15, 0.2) is 99.8 Å². The van der Waals surface area contributed by atoms with Gasteiger partial charge in [0.2, 0.25) is 0 Å². The van der Waals surface area contributed by atoms with Gasteiger partial charge in [0.1, 0.15) is 67.8 Å². The van der Waals surface area contributed by atoms with Gasteiger partial charge in [0.15, 0.2) is 11.6 Å². The molecule has 88 heavy (non-hydrogen) atoms. The van der Waals surface area contributed by atoms with Crippen LogP contribution >= 0.6 is 0 Å². The molecule has 438 valence electrons. The van der Waals surface area contributed by atoms with Crippen LogP contribution in [0.5, 0.6) is 0 Å². The third-order valence-corrected chi connectivity index (χ3v) is 20.4. The average Bonchev–Trinajstić information content (AvgIpc) is 1.54. The second-order valence-electron chi connectivity index (χ2n) is 30.0. The third kappa shape index (κ3) is 6.50. The quantitative estimate of drug-likeness (QED) is 0.169. The molecule has 12 nitrogen and oxygen atoms in total. The average molecular weight is 1170 g/mol. The van der Waals surface area contributed by atoms with Crippen molar-refractivity contribution in [2.75, 3.05) is 0 Å². The van der Waals surface area contributed by atoms with Crippen LogP contribution in [0, 0.1) is 31.4 Å². The van der Waals surface area contributed by atoms with E-state index in [2.05, 4.69) is 140 Å². The summed E-state index contributed by atoms with van der Waals surface area (Å²) in [5, 5.41) is 5.02. The number of para-hydroxylation sites is 1. The van der Waals surface area contributed by atoms with E-state index in [0.717, 1.165) is 118 Å². The highest BCUT2D eigenvalue weighted by Crippen LogP contribution is 2.64. The Labute approximate surface area is 504 Å². The van der Waals surface area contributed by atoms with Crippen LogP contribution in [0.25, 0.3) is 138 Å². The van der Waals surface area contributed by atoms with Crippen molar-refractivity contribution in [3.8, 4) is 11.1 Å². The topological polar surface area (TPSA) is 126 Å². The van der Waals surface area contributed by atoms with E-state index in [4.69, 9.17) is 43.5 Å². The van der Waals surface area contributed by atoms with Crippen molar-refractivity contribution < 1.29 is 22.4 Å². The third-order valence-electron chi connectivity index (χ3n) is 20.4. The smallest absolute Gasteiger partial charge is 0.162 e. The number of benzene rings is 8. The van der Waals surface area contributed by atoms with Crippen molar-refractivity contribution in [3.05, 3.63) is 148 Å². The molecule has 2 aliphatic rings. The lowest BCUT2D eigenvalue weighted by Crippen LogP contribution is -2.34. The first kappa shape index (κ1) is 52.3. The number of hydrogen-bond acceptors (Lipinski definition) is 9. The Balaban J connectivity index is 0.741. The maximum atomic E-state index is 17.9. The van der Waals surface area contributed by atoms with Crippen LogP contribution in [-0.4, -0.2) is 43.1 Å². The molecule has 12 heterocycles.